The zero-order valence-corrected chi connectivity index (χ0v) is 18.7. The van der Waals surface area contributed by atoms with Crippen LogP contribution < -0.4 is 9.64 Å². The fourth-order valence-electron chi connectivity index (χ4n) is 3.81. The highest BCUT2D eigenvalue weighted by molar-refractivity contribution is 5.78. The fraction of sp³-hybridized carbons (Fsp3) is 0.375. The van der Waals surface area contributed by atoms with Gasteiger partial charge in [0, 0.05) is 19.0 Å². The van der Waals surface area contributed by atoms with Crippen LogP contribution in [0.5, 0.6) is 5.75 Å². The number of carbonyl (C=O) groups excluding carboxylic acids is 1. The van der Waals surface area contributed by atoms with Gasteiger partial charge in [-0.05, 0) is 54.2 Å². The Morgan fingerprint density at radius 3 is 2.09 bits per heavy atom. The third kappa shape index (κ3) is 4.90. The van der Waals surface area contributed by atoms with Gasteiger partial charge < -0.3 is 14.2 Å². The lowest BCUT2D eigenvalue weighted by Gasteiger charge is -2.30. The Balaban J connectivity index is 1.39. The number of ether oxygens (including phenoxy) is 1. The molecule has 1 aliphatic heterocycles. The van der Waals surface area contributed by atoms with Gasteiger partial charge in [0.2, 0.25) is 0 Å². The second-order valence-electron chi connectivity index (χ2n) is 8.57. The standard InChI is InChI=1S/C24H23F4N3O3/c1-13(2)23-29-24(34-30-23)31-5-3-14(4-6-31)12-33-22-20(27)9-16(10-21(22)28)15-7-18(25)17(11-32)19(26)8-15/h7-11,13-14H,3-6,12H2,1-2H3. The first-order valence-electron chi connectivity index (χ1n) is 10.9. The van der Waals surface area contributed by atoms with Crippen LogP contribution in [0.4, 0.5) is 23.6 Å². The van der Waals surface area contributed by atoms with Gasteiger partial charge in [-0.2, -0.15) is 4.98 Å². The number of hydrogen-bond acceptors (Lipinski definition) is 6. The molecule has 0 unspecified atom stereocenters. The molecule has 3 aromatic rings. The molecule has 1 aromatic heterocycles. The van der Waals surface area contributed by atoms with Crippen molar-refractivity contribution in [3.8, 4) is 16.9 Å². The normalized spacial score (nSPS) is 14.6. The van der Waals surface area contributed by atoms with E-state index in [0.29, 0.717) is 37.8 Å². The summed E-state index contributed by atoms with van der Waals surface area (Å²) in [5.74, 6) is -3.87. The molecule has 4 rings (SSSR count). The lowest BCUT2D eigenvalue weighted by molar-refractivity contribution is 0.111. The first-order chi connectivity index (χ1) is 16.3. The van der Waals surface area contributed by atoms with Gasteiger partial charge in [0.25, 0.3) is 0 Å². The van der Waals surface area contributed by atoms with Crippen LogP contribution in [0, 0.1) is 29.2 Å². The second kappa shape index (κ2) is 9.82. The van der Waals surface area contributed by atoms with E-state index in [0.717, 1.165) is 24.3 Å². The topological polar surface area (TPSA) is 68.5 Å². The lowest BCUT2D eigenvalue weighted by atomic mass is 9.98. The zero-order chi connectivity index (χ0) is 24.4. The van der Waals surface area contributed by atoms with E-state index in [4.69, 9.17) is 9.26 Å². The number of rotatable bonds is 7. The number of benzene rings is 2. The van der Waals surface area contributed by atoms with Gasteiger partial charge >= 0.3 is 6.01 Å². The highest BCUT2D eigenvalue weighted by Crippen LogP contribution is 2.32. The van der Waals surface area contributed by atoms with E-state index in [1.807, 2.05) is 18.7 Å². The maximum absolute atomic E-state index is 14.6. The van der Waals surface area contributed by atoms with Gasteiger partial charge in [-0.25, -0.2) is 17.6 Å². The minimum absolute atomic E-state index is 0.0436. The first kappa shape index (κ1) is 23.7. The molecule has 10 heteroatoms. The van der Waals surface area contributed by atoms with Crippen molar-refractivity contribution in [3.05, 3.63) is 58.9 Å². The Labute approximate surface area is 193 Å². The van der Waals surface area contributed by atoms with Crippen molar-refractivity contribution in [2.24, 2.45) is 5.92 Å². The molecule has 0 radical (unpaired) electrons. The van der Waals surface area contributed by atoms with E-state index in [2.05, 4.69) is 10.1 Å². The maximum atomic E-state index is 14.6. The van der Waals surface area contributed by atoms with Crippen LogP contribution in [0.1, 0.15) is 48.8 Å². The number of aldehydes is 1. The maximum Gasteiger partial charge on any atom is 0.324 e. The van der Waals surface area contributed by atoms with Crippen molar-refractivity contribution in [1.82, 2.24) is 10.1 Å². The highest BCUT2D eigenvalue weighted by atomic mass is 19.1. The molecule has 0 bridgehead atoms. The summed E-state index contributed by atoms with van der Waals surface area (Å²) in [6.07, 6.45) is 1.46. The predicted molar refractivity (Wildman–Crippen MR) is 116 cm³/mol. The molecule has 0 N–H and O–H groups in total. The summed E-state index contributed by atoms with van der Waals surface area (Å²) in [5.41, 5.74) is -0.916. The Bertz CT molecular complexity index is 1140. The Morgan fingerprint density at radius 1 is 1.03 bits per heavy atom. The predicted octanol–water partition coefficient (Wildman–Crippen LogP) is 5.52. The van der Waals surface area contributed by atoms with Crippen LogP contribution in [-0.4, -0.2) is 36.1 Å². The van der Waals surface area contributed by atoms with Gasteiger partial charge in [0.05, 0.1) is 12.2 Å². The molecule has 0 amide bonds. The third-order valence-electron chi connectivity index (χ3n) is 5.82. The van der Waals surface area contributed by atoms with E-state index < -0.39 is 34.6 Å². The van der Waals surface area contributed by atoms with Crippen LogP contribution in [0.2, 0.25) is 0 Å². The summed E-state index contributed by atoms with van der Waals surface area (Å²) in [6, 6.07) is 4.05. The van der Waals surface area contributed by atoms with E-state index in [1.54, 1.807) is 0 Å². The number of halogens is 4. The van der Waals surface area contributed by atoms with Crippen LogP contribution >= 0.6 is 0 Å². The largest absolute Gasteiger partial charge is 0.487 e. The van der Waals surface area contributed by atoms with Gasteiger partial charge in [-0.1, -0.05) is 19.0 Å². The molecule has 1 saturated heterocycles. The van der Waals surface area contributed by atoms with E-state index in [-0.39, 0.29) is 35.9 Å². The molecule has 34 heavy (non-hydrogen) atoms. The summed E-state index contributed by atoms with van der Waals surface area (Å²) in [4.78, 5) is 17.1. The SMILES string of the molecule is CC(C)c1noc(N2CCC(COc3c(F)cc(-c4cc(F)c(C=O)c(F)c4)cc3F)CC2)n1. The van der Waals surface area contributed by atoms with Crippen molar-refractivity contribution in [1.29, 1.82) is 0 Å². The number of carbonyl (C=O) groups is 1. The Kier molecular flexibility index (Phi) is 6.85. The molecule has 6 nitrogen and oxygen atoms in total. The highest BCUT2D eigenvalue weighted by Gasteiger charge is 2.25. The molecule has 0 atom stereocenters. The van der Waals surface area contributed by atoms with Crippen LogP contribution in [-0.2, 0) is 0 Å². The van der Waals surface area contributed by atoms with Crippen LogP contribution in [0.3, 0.4) is 0 Å². The van der Waals surface area contributed by atoms with Crippen molar-refractivity contribution in [2.75, 3.05) is 24.6 Å². The molecule has 0 spiro atoms. The average Bonchev–Trinajstić information content (AvgIpc) is 3.29. The van der Waals surface area contributed by atoms with E-state index >= 15 is 0 Å². The fourth-order valence-corrected chi connectivity index (χ4v) is 3.81. The monoisotopic (exact) mass is 477 g/mol. The Morgan fingerprint density at radius 2 is 1.59 bits per heavy atom. The third-order valence-corrected chi connectivity index (χ3v) is 5.82. The van der Waals surface area contributed by atoms with Gasteiger partial charge in [0.15, 0.2) is 29.5 Å². The summed E-state index contributed by atoms with van der Waals surface area (Å²) >= 11 is 0. The minimum Gasteiger partial charge on any atom is -0.487 e. The number of aromatic nitrogens is 2. The average molecular weight is 477 g/mol. The van der Waals surface area contributed by atoms with Crippen molar-refractivity contribution >= 4 is 12.3 Å². The minimum atomic E-state index is -1.11. The Hall–Kier alpha value is -3.43. The second-order valence-corrected chi connectivity index (χ2v) is 8.57. The van der Waals surface area contributed by atoms with Crippen LogP contribution in [0.15, 0.2) is 28.8 Å². The molecular weight excluding hydrogens is 454 g/mol. The van der Waals surface area contributed by atoms with Gasteiger partial charge in [0.1, 0.15) is 11.6 Å². The number of piperidine rings is 1. The summed E-state index contributed by atoms with van der Waals surface area (Å²) in [5, 5.41) is 3.96. The van der Waals surface area contributed by atoms with E-state index in [9.17, 15) is 22.4 Å². The quantitative estimate of drug-likeness (QED) is 0.330. The zero-order valence-electron chi connectivity index (χ0n) is 18.7. The summed E-state index contributed by atoms with van der Waals surface area (Å²) in [6.45, 7) is 5.35. The van der Waals surface area contributed by atoms with Crippen molar-refractivity contribution in [2.45, 2.75) is 32.6 Å². The first-order valence-corrected chi connectivity index (χ1v) is 10.9. The van der Waals surface area contributed by atoms with E-state index in [1.165, 1.54) is 0 Å². The summed E-state index contributed by atoms with van der Waals surface area (Å²) in [7, 11) is 0. The molecule has 0 saturated carbocycles. The van der Waals surface area contributed by atoms with Crippen molar-refractivity contribution < 1.29 is 31.6 Å². The molecule has 2 aromatic carbocycles. The molecule has 180 valence electrons. The molecular formula is C24H23F4N3O3. The molecule has 2 heterocycles. The number of hydrogen-bond donors (Lipinski definition) is 0. The molecule has 0 aliphatic carbocycles. The lowest BCUT2D eigenvalue weighted by Crippen LogP contribution is -2.35. The number of nitrogens with zero attached hydrogens (tertiary/aromatic N) is 3. The molecule has 1 aliphatic rings. The smallest absolute Gasteiger partial charge is 0.324 e. The number of anilines is 1. The van der Waals surface area contributed by atoms with Crippen LogP contribution in [0.25, 0.3) is 11.1 Å². The van der Waals surface area contributed by atoms with Crippen molar-refractivity contribution in [3.63, 3.8) is 0 Å². The van der Waals surface area contributed by atoms with Gasteiger partial charge in [-0.3, -0.25) is 4.79 Å². The summed E-state index contributed by atoms with van der Waals surface area (Å²) < 4.78 is 67.7. The molecule has 1 fully saturated rings. The van der Waals surface area contributed by atoms with Gasteiger partial charge in [-0.15, -0.1) is 0 Å².